The second-order valence-corrected chi connectivity index (χ2v) is 14.6. The van der Waals surface area contributed by atoms with Gasteiger partial charge in [-0.3, -0.25) is 9.59 Å². The largest absolute Gasteiger partial charge is 0.544 e. The number of unbranched alkanes of at least 4 members (excludes halogenated alkanes) is 14. The van der Waals surface area contributed by atoms with Gasteiger partial charge in [-0.25, -0.2) is 0 Å². The number of carbonyl (C=O) groups is 3. The summed E-state index contributed by atoms with van der Waals surface area (Å²) in [6.07, 6.45) is 41.0. The van der Waals surface area contributed by atoms with E-state index in [-0.39, 0.29) is 49.1 Å². The molecule has 0 aliphatic carbocycles. The third-order valence-electron chi connectivity index (χ3n) is 8.73. The van der Waals surface area contributed by atoms with Crippen molar-refractivity contribution in [3.05, 3.63) is 60.8 Å². The van der Waals surface area contributed by atoms with Crippen molar-refractivity contribution in [2.24, 2.45) is 0 Å². The Kier molecular flexibility index (Phi) is 33.1. The fraction of sp³-hybridized carbons (Fsp3) is 0.705. The molecule has 52 heavy (non-hydrogen) atoms. The lowest BCUT2D eigenvalue weighted by molar-refractivity contribution is -0.889. The topological polar surface area (TPSA) is 102 Å². The van der Waals surface area contributed by atoms with Crippen molar-refractivity contribution in [3.8, 4) is 0 Å². The second-order valence-electron chi connectivity index (χ2n) is 14.6. The van der Waals surface area contributed by atoms with Crippen LogP contribution in [0.15, 0.2) is 60.8 Å². The maximum absolute atomic E-state index is 12.7. The summed E-state index contributed by atoms with van der Waals surface area (Å²) < 4.78 is 17.1. The number of nitrogens with zero attached hydrogens (tertiary/aromatic N) is 1. The Bertz CT molecular complexity index is 1040. The summed E-state index contributed by atoms with van der Waals surface area (Å²) in [5.41, 5.74) is 0. The molecule has 0 bridgehead atoms. The minimum Gasteiger partial charge on any atom is -0.544 e. The quantitative estimate of drug-likeness (QED) is 0.0211. The van der Waals surface area contributed by atoms with E-state index in [4.69, 9.17) is 14.2 Å². The first-order chi connectivity index (χ1) is 25.1. The lowest BCUT2D eigenvalue weighted by atomic mass is 10.1. The van der Waals surface area contributed by atoms with Gasteiger partial charge in [-0.2, -0.15) is 0 Å². The van der Waals surface area contributed by atoms with Crippen LogP contribution in [0.3, 0.4) is 0 Å². The fourth-order valence-electron chi connectivity index (χ4n) is 5.54. The molecule has 0 amide bonds. The van der Waals surface area contributed by atoms with E-state index >= 15 is 0 Å². The average Bonchev–Trinajstić information content (AvgIpc) is 3.09. The van der Waals surface area contributed by atoms with Crippen molar-refractivity contribution < 1.29 is 38.2 Å². The van der Waals surface area contributed by atoms with Crippen molar-refractivity contribution in [1.82, 2.24) is 0 Å². The van der Waals surface area contributed by atoms with Crippen LogP contribution in [-0.4, -0.2) is 75.5 Å². The van der Waals surface area contributed by atoms with E-state index in [2.05, 4.69) is 44.2 Å². The minimum absolute atomic E-state index is 0.0237. The Hall–Kier alpha value is -2.97. The van der Waals surface area contributed by atoms with E-state index < -0.39 is 18.1 Å². The van der Waals surface area contributed by atoms with Crippen LogP contribution < -0.4 is 5.11 Å². The van der Waals surface area contributed by atoms with Crippen molar-refractivity contribution >= 4 is 17.9 Å². The molecule has 0 rings (SSSR count). The number of ether oxygens (including phenoxy) is 3. The molecule has 8 nitrogen and oxygen atoms in total. The van der Waals surface area contributed by atoms with Gasteiger partial charge in [0, 0.05) is 19.3 Å². The van der Waals surface area contributed by atoms with Gasteiger partial charge in [0.2, 0.25) is 0 Å². The molecule has 0 aliphatic rings. The van der Waals surface area contributed by atoms with Crippen LogP contribution in [0, 0.1) is 0 Å². The van der Waals surface area contributed by atoms with Crippen LogP contribution in [0.1, 0.15) is 149 Å². The number of carbonyl (C=O) groups excluding carboxylic acids is 3. The van der Waals surface area contributed by atoms with E-state index in [0.717, 1.165) is 77.0 Å². The number of allylic oxidation sites excluding steroid dienone is 10. The highest BCUT2D eigenvalue weighted by atomic mass is 16.6. The zero-order valence-corrected chi connectivity index (χ0v) is 33.7. The van der Waals surface area contributed by atoms with Gasteiger partial charge < -0.3 is 28.6 Å². The van der Waals surface area contributed by atoms with Gasteiger partial charge in [0.15, 0.2) is 6.10 Å². The van der Waals surface area contributed by atoms with Crippen molar-refractivity contribution in [1.29, 1.82) is 0 Å². The van der Waals surface area contributed by atoms with E-state index in [1.165, 1.54) is 38.5 Å². The predicted molar refractivity (Wildman–Crippen MR) is 212 cm³/mol. The summed E-state index contributed by atoms with van der Waals surface area (Å²) in [6.45, 7) is 4.45. The molecular formula is C44H75NO7. The van der Waals surface area contributed by atoms with Crippen molar-refractivity contribution in [2.45, 2.75) is 161 Å². The summed E-state index contributed by atoms with van der Waals surface area (Å²) in [7, 11) is 5.38. The molecule has 0 N–H and O–H groups in total. The van der Waals surface area contributed by atoms with Gasteiger partial charge >= 0.3 is 11.9 Å². The average molecular weight is 730 g/mol. The first kappa shape index (κ1) is 49.0. The van der Waals surface area contributed by atoms with E-state index in [1.54, 1.807) is 21.1 Å². The minimum atomic E-state index is -1.13. The number of esters is 2. The molecule has 0 aromatic carbocycles. The predicted octanol–water partition coefficient (Wildman–Crippen LogP) is 9.30. The Labute approximate surface area is 318 Å². The number of quaternary nitrogens is 1. The fourth-order valence-corrected chi connectivity index (χ4v) is 5.54. The van der Waals surface area contributed by atoms with Crippen LogP contribution in [0.2, 0.25) is 0 Å². The lowest BCUT2D eigenvalue weighted by Crippen LogP contribution is -2.55. The normalized spacial score (nSPS) is 13.6. The molecule has 2 unspecified atom stereocenters. The molecule has 0 radical (unpaired) electrons. The Morgan fingerprint density at radius 3 is 1.67 bits per heavy atom. The van der Waals surface area contributed by atoms with Gasteiger partial charge in [0.1, 0.15) is 12.6 Å². The molecule has 8 heteroatoms. The van der Waals surface area contributed by atoms with E-state index in [9.17, 15) is 19.5 Å². The van der Waals surface area contributed by atoms with Gasteiger partial charge in [-0.15, -0.1) is 0 Å². The van der Waals surface area contributed by atoms with Crippen molar-refractivity contribution in [3.63, 3.8) is 0 Å². The van der Waals surface area contributed by atoms with Crippen LogP contribution in [0.5, 0.6) is 0 Å². The Morgan fingerprint density at radius 2 is 1.10 bits per heavy atom. The molecule has 0 saturated carbocycles. The summed E-state index contributed by atoms with van der Waals surface area (Å²) in [6, 6.07) is -0.733. The SMILES string of the molecule is CC/C=C/C=C/C=C/C=C/CCCCCCCC(=O)OC(COCCC(C(=O)[O-])[N+](C)(C)C)COC(=O)CCCCC/C=C/CCCCCCCC. The maximum Gasteiger partial charge on any atom is 0.306 e. The van der Waals surface area contributed by atoms with E-state index in [1.807, 2.05) is 30.4 Å². The molecule has 0 spiro atoms. The molecule has 0 aromatic heterocycles. The van der Waals surface area contributed by atoms with Gasteiger partial charge in [0.25, 0.3) is 0 Å². The Balaban J connectivity index is 4.48. The van der Waals surface area contributed by atoms with Gasteiger partial charge in [-0.05, 0) is 57.8 Å². The molecule has 2 atom stereocenters. The van der Waals surface area contributed by atoms with Crippen LogP contribution in [0.25, 0.3) is 0 Å². The third kappa shape index (κ3) is 32.9. The van der Waals surface area contributed by atoms with Crippen LogP contribution in [-0.2, 0) is 28.6 Å². The first-order valence-corrected chi connectivity index (χ1v) is 20.4. The molecule has 0 saturated heterocycles. The number of carboxylic acid groups (broad SMARTS) is 1. The van der Waals surface area contributed by atoms with Crippen LogP contribution >= 0.6 is 0 Å². The number of aliphatic carboxylic acids is 1. The Morgan fingerprint density at radius 1 is 0.596 bits per heavy atom. The highest BCUT2D eigenvalue weighted by molar-refractivity contribution is 5.70. The van der Waals surface area contributed by atoms with E-state index in [0.29, 0.717) is 6.42 Å². The summed E-state index contributed by atoms with van der Waals surface area (Å²) in [5.74, 6) is -1.80. The lowest BCUT2D eigenvalue weighted by Gasteiger charge is -2.34. The number of rotatable bonds is 35. The highest BCUT2D eigenvalue weighted by Crippen LogP contribution is 2.12. The second kappa shape index (κ2) is 35.1. The van der Waals surface area contributed by atoms with Gasteiger partial charge in [0.05, 0.1) is 40.3 Å². The summed E-state index contributed by atoms with van der Waals surface area (Å²) in [4.78, 5) is 36.7. The van der Waals surface area contributed by atoms with Gasteiger partial charge in [-0.1, -0.05) is 132 Å². The zero-order chi connectivity index (χ0) is 38.5. The summed E-state index contributed by atoms with van der Waals surface area (Å²) in [5, 5.41) is 11.6. The molecular weight excluding hydrogens is 654 g/mol. The maximum atomic E-state index is 12.7. The summed E-state index contributed by atoms with van der Waals surface area (Å²) >= 11 is 0. The monoisotopic (exact) mass is 730 g/mol. The zero-order valence-electron chi connectivity index (χ0n) is 33.7. The molecule has 298 valence electrons. The van der Waals surface area contributed by atoms with Crippen molar-refractivity contribution in [2.75, 3.05) is 41.0 Å². The molecule has 0 fully saturated rings. The third-order valence-corrected chi connectivity index (χ3v) is 8.73. The highest BCUT2D eigenvalue weighted by Gasteiger charge is 2.25. The molecule has 0 aromatic rings. The van der Waals surface area contributed by atoms with Crippen LogP contribution in [0.4, 0.5) is 0 Å². The smallest absolute Gasteiger partial charge is 0.306 e. The molecule has 0 heterocycles. The number of carboxylic acids is 1. The first-order valence-electron chi connectivity index (χ1n) is 20.4. The number of hydrogen-bond acceptors (Lipinski definition) is 7. The molecule has 0 aliphatic heterocycles. The number of likely N-dealkylation sites (N-methyl/N-ethyl adjacent to an activating group) is 1. The standard InChI is InChI=1S/C44H75NO7/c1-6-8-10-12-14-16-18-20-21-23-25-27-29-31-33-35-43(47)52-40(38-50-37-36-41(44(48)49)45(3,4)5)39-51-42(46)34-32-30-28-26-24-22-19-17-15-13-11-9-7-2/h8,10,12,14,16,18,20-22,24,40-41H,6-7,9,11,13,15,17,19,23,25-39H2,1-5H3/b10-8+,14-12+,18-16+,21-20+,24-22+. The number of hydrogen-bond donors (Lipinski definition) is 0.